The lowest BCUT2D eigenvalue weighted by molar-refractivity contribution is -0.132. The van der Waals surface area contributed by atoms with E-state index in [1.165, 1.54) is 42.5 Å². The smallest absolute Gasteiger partial charge is 0.314 e. The fourth-order valence-electron chi connectivity index (χ4n) is 2.89. The van der Waals surface area contributed by atoms with Crippen molar-refractivity contribution in [2.75, 3.05) is 20.1 Å². The van der Waals surface area contributed by atoms with E-state index in [-0.39, 0.29) is 18.3 Å². The summed E-state index contributed by atoms with van der Waals surface area (Å²) in [6, 6.07) is 5.49. The molecule has 1 aromatic carbocycles. The molecule has 0 radical (unpaired) electrons. The average molecular weight is 347 g/mol. The summed E-state index contributed by atoms with van der Waals surface area (Å²) in [5.74, 6) is -0.468. The molecule has 0 aromatic heterocycles. The van der Waals surface area contributed by atoms with Gasteiger partial charge >= 0.3 is 6.03 Å². The number of benzene rings is 1. The summed E-state index contributed by atoms with van der Waals surface area (Å²) < 4.78 is 13.1. The van der Waals surface area contributed by atoms with Crippen molar-refractivity contribution in [3.8, 4) is 0 Å². The van der Waals surface area contributed by atoms with Crippen LogP contribution in [0.5, 0.6) is 0 Å². The Morgan fingerprint density at radius 2 is 1.92 bits per heavy atom. The number of carbonyl (C=O) groups excluding carboxylic acids is 2. The molecule has 0 aliphatic heterocycles. The molecule has 2 N–H and O–H groups in total. The molecular weight excluding hydrogens is 321 g/mol. The first kappa shape index (κ1) is 19.0. The van der Waals surface area contributed by atoms with Crippen LogP contribution in [0.4, 0.5) is 9.18 Å². The van der Waals surface area contributed by atoms with Crippen molar-refractivity contribution in [3.63, 3.8) is 0 Å². The lowest BCUT2D eigenvalue weighted by Crippen LogP contribution is -2.43. The SMILES string of the molecule is CN(CC(=O)N(CCC1=CCCCC1)Cc1ccc(F)cc1)C(N)=O. The van der Waals surface area contributed by atoms with Crippen molar-refractivity contribution in [2.24, 2.45) is 5.73 Å². The summed E-state index contributed by atoms with van der Waals surface area (Å²) in [5, 5.41) is 0. The van der Waals surface area contributed by atoms with E-state index in [1.54, 1.807) is 17.0 Å². The van der Waals surface area contributed by atoms with Crippen LogP contribution in [-0.4, -0.2) is 41.9 Å². The fraction of sp³-hybridized carbons (Fsp3) is 0.474. The van der Waals surface area contributed by atoms with Crippen LogP contribution in [0.2, 0.25) is 0 Å². The van der Waals surface area contributed by atoms with Gasteiger partial charge in [0.25, 0.3) is 0 Å². The third-order valence-corrected chi connectivity index (χ3v) is 4.48. The molecule has 0 saturated heterocycles. The van der Waals surface area contributed by atoms with Gasteiger partial charge in [-0.05, 0) is 49.8 Å². The predicted molar refractivity (Wildman–Crippen MR) is 95.2 cm³/mol. The normalized spacial score (nSPS) is 13.9. The Hall–Kier alpha value is -2.37. The molecule has 6 heteroatoms. The maximum absolute atomic E-state index is 13.1. The van der Waals surface area contributed by atoms with Crippen molar-refractivity contribution in [2.45, 2.75) is 38.6 Å². The van der Waals surface area contributed by atoms with Gasteiger partial charge in [-0.2, -0.15) is 0 Å². The number of urea groups is 1. The van der Waals surface area contributed by atoms with E-state index in [0.29, 0.717) is 13.1 Å². The Kier molecular flexibility index (Phi) is 6.98. The molecule has 0 atom stereocenters. The van der Waals surface area contributed by atoms with Crippen LogP contribution >= 0.6 is 0 Å². The van der Waals surface area contributed by atoms with E-state index in [9.17, 15) is 14.0 Å². The number of allylic oxidation sites excluding steroid dienone is 1. The van der Waals surface area contributed by atoms with Crippen molar-refractivity contribution in [3.05, 3.63) is 47.3 Å². The van der Waals surface area contributed by atoms with Gasteiger partial charge in [-0.15, -0.1) is 0 Å². The maximum atomic E-state index is 13.1. The minimum atomic E-state index is -0.634. The molecule has 1 aliphatic carbocycles. The van der Waals surface area contributed by atoms with Gasteiger partial charge in [0.2, 0.25) is 5.91 Å². The Labute approximate surface area is 148 Å². The number of halogens is 1. The highest BCUT2D eigenvalue weighted by Crippen LogP contribution is 2.21. The molecule has 0 saturated carbocycles. The number of carbonyl (C=O) groups is 2. The molecule has 0 spiro atoms. The summed E-state index contributed by atoms with van der Waals surface area (Å²) >= 11 is 0. The van der Waals surface area contributed by atoms with Gasteiger partial charge in [0.1, 0.15) is 12.4 Å². The zero-order valence-electron chi connectivity index (χ0n) is 14.7. The zero-order valence-corrected chi connectivity index (χ0v) is 14.7. The molecule has 1 aliphatic rings. The average Bonchev–Trinajstić information content (AvgIpc) is 2.60. The van der Waals surface area contributed by atoms with Gasteiger partial charge in [0.05, 0.1) is 0 Å². The maximum Gasteiger partial charge on any atom is 0.314 e. The molecule has 136 valence electrons. The zero-order chi connectivity index (χ0) is 18.2. The Bertz CT molecular complexity index is 628. The minimum absolute atomic E-state index is 0.0599. The molecule has 0 heterocycles. The Morgan fingerprint density at radius 3 is 2.52 bits per heavy atom. The molecular formula is C19H26FN3O2. The van der Waals surface area contributed by atoms with E-state index >= 15 is 0 Å². The molecule has 0 fully saturated rings. The summed E-state index contributed by atoms with van der Waals surface area (Å²) in [6.45, 7) is 0.906. The molecule has 25 heavy (non-hydrogen) atoms. The monoisotopic (exact) mass is 347 g/mol. The number of nitrogens with zero attached hydrogens (tertiary/aromatic N) is 2. The summed E-state index contributed by atoms with van der Waals surface area (Å²) in [6.07, 6.45) is 7.70. The van der Waals surface area contributed by atoms with Crippen molar-refractivity contribution >= 4 is 11.9 Å². The van der Waals surface area contributed by atoms with Gasteiger partial charge in [0.15, 0.2) is 0 Å². The minimum Gasteiger partial charge on any atom is -0.351 e. The Morgan fingerprint density at radius 1 is 1.20 bits per heavy atom. The topological polar surface area (TPSA) is 66.6 Å². The predicted octanol–water partition coefficient (Wildman–Crippen LogP) is 3.06. The van der Waals surface area contributed by atoms with Crippen LogP contribution in [0.25, 0.3) is 0 Å². The van der Waals surface area contributed by atoms with Crippen molar-refractivity contribution < 1.29 is 14.0 Å². The standard InChI is InChI=1S/C19H26FN3O2/c1-22(19(21)25)14-18(24)23(12-11-15-5-3-2-4-6-15)13-16-7-9-17(20)10-8-16/h5,7-10H,2-4,6,11-14H2,1H3,(H2,21,25). The third-order valence-electron chi connectivity index (χ3n) is 4.48. The highest BCUT2D eigenvalue weighted by atomic mass is 19.1. The number of hydrogen-bond donors (Lipinski definition) is 1. The van der Waals surface area contributed by atoms with Crippen LogP contribution in [0.3, 0.4) is 0 Å². The summed E-state index contributed by atoms with van der Waals surface area (Å²) in [7, 11) is 1.50. The van der Waals surface area contributed by atoms with Crippen LogP contribution < -0.4 is 5.73 Å². The number of nitrogens with two attached hydrogens (primary N) is 1. The first-order valence-electron chi connectivity index (χ1n) is 8.66. The lowest BCUT2D eigenvalue weighted by atomic mass is 9.97. The molecule has 3 amide bonds. The van der Waals surface area contributed by atoms with Gasteiger partial charge in [0, 0.05) is 20.1 Å². The van der Waals surface area contributed by atoms with Crippen LogP contribution in [-0.2, 0) is 11.3 Å². The molecule has 0 unspecified atom stereocenters. The van der Waals surface area contributed by atoms with Gasteiger partial charge in [-0.25, -0.2) is 9.18 Å². The highest BCUT2D eigenvalue weighted by molar-refractivity contribution is 5.83. The lowest BCUT2D eigenvalue weighted by Gasteiger charge is -2.26. The van der Waals surface area contributed by atoms with Crippen molar-refractivity contribution in [1.29, 1.82) is 0 Å². The quantitative estimate of drug-likeness (QED) is 0.770. The number of primary amides is 1. The van der Waals surface area contributed by atoms with E-state index in [1.807, 2.05) is 0 Å². The second-order valence-corrected chi connectivity index (χ2v) is 6.49. The van der Waals surface area contributed by atoms with Gasteiger partial charge in [-0.3, -0.25) is 4.79 Å². The number of hydrogen-bond acceptors (Lipinski definition) is 2. The second kappa shape index (κ2) is 9.20. The summed E-state index contributed by atoms with van der Waals surface area (Å²) in [5.41, 5.74) is 7.45. The van der Waals surface area contributed by atoms with E-state index in [4.69, 9.17) is 5.73 Å². The summed E-state index contributed by atoms with van der Waals surface area (Å²) in [4.78, 5) is 26.7. The molecule has 1 aromatic rings. The van der Waals surface area contributed by atoms with Crippen molar-refractivity contribution in [1.82, 2.24) is 9.80 Å². The van der Waals surface area contributed by atoms with Gasteiger partial charge < -0.3 is 15.5 Å². The molecule has 0 bridgehead atoms. The fourth-order valence-corrected chi connectivity index (χ4v) is 2.89. The van der Waals surface area contributed by atoms with Gasteiger partial charge in [-0.1, -0.05) is 23.8 Å². The Balaban J connectivity index is 2.03. The van der Waals surface area contributed by atoms with E-state index in [0.717, 1.165) is 24.8 Å². The first-order chi connectivity index (χ1) is 12.0. The first-order valence-corrected chi connectivity index (χ1v) is 8.66. The number of likely N-dealkylation sites (N-methyl/N-ethyl adjacent to an activating group) is 1. The van der Waals surface area contributed by atoms with E-state index in [2.05, 4.69) is 6.08 Å². The van der Waals surface area contributed by atoms with E-state index < -0.39 is 6.03 Å². The van der Waals surface area contributed by atoms with Crippen LogP contribution in [0, 0.1) is 5.82 Å². The second-order valence-electron chi connectivity index (χ2n) is 6.49. The molecule has 2 rings (SSSR count). The number of amides is 3. The van der Waals surface area contributed by atoms with Crippen LogP contribution in [0.15, 0.2) is 35.9 Å². The largest absolute Gasteiger partial charge is 0.351 e. The third kappa shape index (κ3) is 6.21. The highest BCUT2D eigenvalue weighted by Gasteiger charge is 2.18. The molecule has 5 nitrogen and oxygen atoms in total. The van der Waals surface area contributed by atoms with Crippen LogP contribution in [0.1, 0.15) is 37.7 Å². The number of rotatable bonds is 7.